The molecule has 1 amide bonds. The zero-order valence-corrected chi connectivity index (χ0v) is 17.6. The largest absolute Gasteiger partial charge is 0.332 e. The molecule has 0 radical (unpaired) electrons. The number of nitrogens with zero attached hydrogens (tertiary/aromatic N) is 2. The highest BCUT2D eigenvalue weighted by molar-refractivity contribution is 7.18. The van der Waals surface area contributed by atoms with Gasteiger partial charge in [0.1, 0.15) is 0 Å². The van der Waals surface area contributed by atoms with Gasteiger partial charge >= 0.3 is 0 Å². The monoisotopic (exact) mass is 386 g/mol. The summed E-state index contributed by atoms with van der Waals surface area (Å²) in [5.74, 6) is 0.921. The summed E-state index contributed by atoms with van der Waals surface area (Å²) in [6.07, 6.45) is 5.83. The average molecular weight is 387 g/mol. The van der Waals surface area contributed by atoms with Crippen molar-refractivity contribution < 1.29 is 9.69 Å². The molecule has 2 aliphatic heterocycles. The van der Waals surface area contributed by atoms with Crippen molar-refractivity contribution in [3.05, 3.63) is 29.3 Å². The van der Waals surface area contributed by atoms with E-state index in [1.165, 1.54) is 21.0 Å². The van der Waals surface area contributed by atoms with E-state index < -0.39 is 0 Å². The van der Waals surface area contributed by atoms with E-state index in [0.29, 0.717) is 23.9 Å². The number of thiazole rings is 1. The van der Waals surface area contributed by atoms with Gasteiger partial charge in [0.25, 0.3) is 5.91 Å². The molecule has 27 heavy (non-hydrogen) atoms. The normalized spacial score (nSPS) is 30.4. The zero-order chi connectivity index (χ0) is 19.0. The van der Waals surface area contributed by atoms with E-state index in [1.54, 1.807) is 0 Å². The standard InChI is InChI=1S/C22H31N3OS/c1-15-7-6-8-16(2)25(15)22(26)17(3)24-13-11-18(12-14-24)21-23-19-9-4-5-10-20(19)27-21/h4-5,9-10,15-18H,6-8,11-14H2,1-3H3/p+1/t15-,16-,17+/m0/s1. The Kier molecular flexibility index (Phi) is 5.51. The molecule has 1 N–H and O–H groups in total. The number of rotatable bonds is 3. The molecule has 3 atom stereocenters. The van der Waals surface area contributed by atoms with E-state index in [1.807, 2.05) is 11.3 Å². The predicted octanol–water partition coefficient (Wildman–Crippen LogP) is 3.24. The van der Waals surface area contributed by atoms with Crippen molar-refractivity contribution in [1.82, 2.24) is 9.88 Å². The minimum absolute atomic E-state index is 0.0734. The molecule has 1 aromatic carbocycles. The summed E-state index contributed by atoms with van der Waals surface area (Å²) >= 11 is 1.85. The number of hydrogen-bond donors (Lipinski definition) is 1. The number of quaternary nitrogens is 1. The first-order valence-corrected chi connectivity index (χ1v) is 11.4. The summed E-state index contributed by atoms with van der Waals surface area (Å²) < 4.78 is 1.29. The lowest BCUT2D eigenvalue weighted by molar-refractivity contribution is -0.919. The van der Waals surface area contributed by atoms with E-state index in [2.05, 4.69) is 49.9 Å². The van der Waals surface area contributed by atoms with Gasteiger partial charge in [0.05, 0.1) is 28.3 Å². The molecule has 0 unspecified atom stereocenters. The fourth-order valence-electron chi connectivity index (χ4n) is 4.99. The number of amides is 1. The molecule has 0 aliphatic carbocycles. The lowest BCUT2D eigenvalue weighted by atomic mass is 9.94. The third-order valence-electron chi connectivity index (χ3n) is 6.72. The van der Waals surface area contributed by atoms with Gasteiger partial charge in [-0.2, -0.15) is 0 Å². The van der Waals surface area contributed by atoms with Crippen LogP contribution in [0.1, 0.15) is 63.8 Å². The summed E-state index contributed by atoms with van der Waals surface area (Å²) in [6, 6.07) is 9.29. The fourth-order valence-corrected chi connectivity index (χ4v) is 6.12. The Balaban J connectivity index is 1.38. The number of para-hydroxylation sites is 1. The molecule has 0 bridgehead atoms. The Morgan fingerprint density at radius 3 is 2.48 bits per heavy atom. The summed E-state index contributed by atoms with van der Waals surface area (Å²) in [6.45, 7) is 8.72. The molecule has 1 aromatic heterocycles. The maximum absolute atomic E-state index is 13.2. The van der Waals surface area contributed by atoms with E-state index in [9.17, 15) is 4.79 Å². The lowest BCUT2D eigenvalue weighted by Crippen LogP contribution is -3.17. The molecule has 4 nitrogen and oxygen atoms in total. The minimum Gasteiger partial charge on any atom is -0.332 e. The van der Waals surface area contributed by atoms with Crippen molar-refractivity contribution in [3.63, 3.8) is 0 Å². The topological polar surface area (TPSA) is 37.6 Å². The summed E-state index contributed by atoms with van der Waals surface area (Å²) in [5, 5.41) is 1.28. The molecule has 2 aliphatic rings. The van der Waals surface area contributed by atoms with Crippen molar-refractivity contribution in [2.24, 2.45) is 0 Å². The summed E-state index contributed by atoms with van der Waals surface area (Å²) in [7, 11) is 0. The van der Waals surface area contributed by atoms with Gasteiger partial charge in [-0.15, -0.1) is 11.3 Å². The van der Waals surface area contributed by atoms with Crippen LogP contribution in [0.5, 0.6) is 0 Å². The zero-order valence-electron chi connectivity index (χ0n) is 16.8. The molecule has 5 heteroatoms. The quantitative estimate of drug-likeness (QED) is 0.879. The van der Waals surface area contributed by atoms with Crippen molar-refractivity contribution >= 4 is 27.5 Å². The smallest absolute Gasteiger partial charge is 0.281 e. The predicted molar refractivity (Wildman–Crippen MR) is 111 cm³/mol. The molecular formula is C22H32N3OS+. The van der Waals surface area contributed by atoms with Crippen LogP contribution in [-0.4, -0.2) is 47.0 Å². The summed E-state index contributed by atoms with van der Waals surface area (Å²) in [4.78, 5) is 21.7. The minimum atomic E-state index is 0.0734. The van der Waals surface area contributed by atoms with Gasteiger partial charge in [0.15, 0.2) is 6.04 Å². The average Bonchev–Trinajstić information content (AvgIpc) is 3.11. The van der Waals surface area contributed by atoms with Crippen molar-refractivity contribution in [3.8, 4) is 0 Å². The first-order chi connectivity index (χ1) is 13.0. The van der Waals surface area contributed by atoms with Crippen molar-refractivity contribution in [1.29, 1.82) is 0 Å². The summed E-state index contributed by atoms with van der Waals surface area (Å²) in [5.41, 5.74) is 1.13. The second-order valence-electron chi connectivity index (χ2n) is 8.55. The molecule has 2 aromatic rings. The number of piperidine rings is 2. The third-order valence-corrected chi connectivity index (χ3v) is 7.92. The Morgan fingerprint density at radius 1 is 1.15 bits per heavy atom. The third kappa shape index (κ3) is 3.77. The SMILES string of the molecule is C[C@H](C(=O)N1[C@@H](C)CCC[C@@H]1C)[NH+]1CCC(c2nc3ccccc3s2)CC1. The van der Waals surface area contributed by atoms with E-state index in [4.69, 9.17) is 4.98 Å². The maximum Gasteiger partial charge on any atom is 0.281 e. The highest BCUT2D eigenvalue weighted by Crippen LogP contribution is 2.31. The lowest BCUT2D eigenvalue weighted by Gasteiger charge is -2.42. The Labute approximate surface area is 166 Å². The number of carbonyl (C=O) groups excluding carboxylic acids is 1. The van der Waals surface area contributed by atoms with Crippen LogP contribution in [0.25, 0.3) is 10.2 Å². The van der Waals surface area contributed by atoms with Crippen molar-refractivity contribution in [2.45, 2.75) is 76.9 Å². The second-order valence-corrected chi connectivity index (χ2v) is 9.61. The first kappa shape index (κ1) is 18.9. The van der Waals surface area contributed by atoms with Crippen LogP contribution in [0, 0.1) is 0 Å². The Bertz CT molecular complexity index is 753. The maximum atomic E-state index is 13.2. The number of carbonyl (C=O) groups is 1. The van der Waals surface area contributed by atoms with Crippen LogP contribution in [0.2, 0.25) is 0 Å². The van der Waals surface area contributed by atoms with Gasteiger partial charge in [-0.1, -0.05) is 12.1 Å². The number of hydrogen-bond acceptors (Lipinski definition) is 3. The van der Waals surface area contributed by atoms with Crippen LogP contribution in [-0.2, 0) is 4.79 Å². The molecule has 2 saturated heterocycles. The van der Waals surface area contributed by atoms with Gasteiger partial charge in [0.2, 0.25) is 0 Å². The second kappa shape index (κ2) is 7.88. The van der Waals surface area contributed by atoms with Crippen LogP contribution < -0.4 is 4.90 Å². The van der Waals surface area contributed by atoms with Gasteiger partial charge in [-0.05, 0) is 52.2 Å². The Morgan fingerprint density at radius 2 is 1.81 bits per heavy atom. The molecule has 0 spiro atoms. The molecule has 146 valence electrons. The van der Waals surface area contributed by atoms with Crippen LogP contribution in [0.15, 0.2) is 24.3 Å². The highest BCUT2D eigenvalue weighted by atomic mass is 32.1. The fraction of sp³-hybridized carbons (Fsp3) is 0.636. The van der Waals surface area contributed by atoms with Crippen LogP contribution >= 0.6 is 11.3 Å². The van der Waals surface area contributed by atoms with Gasteiger partial charge in [-0.3, -0.25) is 4.79 Å². The number of nitrogens with one attached hydrogen (secondary N) is 1. The van der Waals surface area contributed by atoms with Gasteiger partial charge < -0.3 is 9.80 Å². The van der Waals surface area contributed by atoms with Gasteiger partial charge in [0, 0.05) is 30.8 Å². The first-order valence-electron chi connectivity index (χ1n) is 10.6. The molecule has 4 rings (SSSR count). The van der Waals surface area contributed by atoms with Crippen LogP contribution in [0.3, 0.4) is 0 Å². The van der Waals surface area contributed by atoms with E-state index >= 15 is 0 Å². The molecule has 2 fully saturated rings. The Hall–Kier alpha value is -1.46. The molecule has 0 saturated carbocycles. The highest BCUT2D eigenvalue weighted by Gasteiger charge is 2.38. The molecule has 3 heterocycles. The number of fused-ring (bicyclic) bond motifs is 1. The number of benzene rings is 1. The number of aromatic nitrogens is 1. The van der Waals surface area contributed by atoms with Crippen LogP contribution in [0.4, 0.5) is 0 Å². The van der Waals surface area contributed by atoms with Crippen molar-refractivity contribution in [2.75, 3.05) is 13.1 Å². The van der Waals surface area contributed by atoms with Gasteiger partial charge in [-0.25, -0.2) is 4.98 Å². The van der Waals surface area contributed by atoms with E-state index in [-0.39, 0.29) is 6.04 Å². The number of likely N-dealkylation sites (tertiary alicyclic amines) is 2. The van der Waals surface area contributed by atoms with E-state index in [0.717, 1.165) is 44.3 Å². The molecular weight excluding hydrogens is 354 g/mol.